The predicted molar refractivity (Wildman–Crippen MR) is 107 cm³/mol. The molecule has 1 amide bonds. The van der Waals surface area contributed by atoms with Crippen LogP contribution >= 0.6 is 22.6 Å². The van der Waals surface area contributed by atoms with E-state index in [2.05, 4.69) is 10.6 Å². The smallest absolute Gasteiger partial charge is 0.256 e. The highest BCUT2D eigenvalue weighted by molar-refractivity contribution is 14.1. The first kappa shape index (κ1) is 20.8. The van der Waals surface area contributed by atoms with Crippen molar-refractivity contribution in [2.75, 3.05) is 31.5 Å². The maximum Gasteiger partial charge on any atom is 0.256 e. The molecule has 3 rings (SSSR count). The van der Waals surface area contributed by atoms with E-state index in [1.807, 2.05) is 29.5 Å². The predicted octanol–water partition coefficient (Wildman–Crippen LogP) is 4.23. The number of halogens is 5. The first-order valence-electron chi connectivity index (χ1n) is 8.63. The normalized spacial score (nSPS) is 15.3. The first-order chi connectivity index (χ1) is 13.2. The van der Waals surface area contributed by atoms with Crippen LogP contribution in [0.1, 0.15) is 17.3 Å². The third-order valence-electron chi connectivity index (χ3n) is 4.44. The van der Waals surface area contributed by atoms with Gasteiger partial charge >= 0.3 is 0 Å². The molecule has 0 spiro atoms. The lowest BCUT2D eigenvalue weighted by atomic mass is 9.94. The van der Waals surface area contributed by atoms with Gasteiger partial charge in [0.25, 0.3) is 5.91 Å². The Labute approximate surface area is 173 Å². The molecule has 1 aliphatic heterocycles. The molecular weight excluding hydrogens is 489 g/mol. The van der Waals surface area contributed by atoms with Gasteiger partial charge in [-0.15, -0.1) is 0 Å². The monoisotopic (exact) mass is 507 g/mol. The number of nitrogens with one attached hydrogen (secondary N) is 2. The number of rotatable bonds is 6. The highest BCUT2D eigenvalue weighted by Gasteiger charge is 2.46. The van der Waals surface area contributed by atoms with Gasteiger partial charge in [-0.3, -0.25) is 4.79 Å². The molecular formula is C19H18F4IN3O. The second kappa shape index (κ2) is 8.24. The first-order valence-corrected chi connectivity index (χ1v) is 9.71. The topological polar surface area (TPSA) is 44.4 Å². The van der Waals surface area contributed by atoms with Crippen molar-refractivity contribution in [1.29, 1.82) is 0 Å². The van der Waals surface area contributed by atoms with Gasteiger partial charge in [-0.25, -0.2) is 17.6 Å². The third kappa shape index (κ3) is 4.24. The van der Waals surface area contributed by atoms with E-state index in [1.54, 1.807) is 6.07 Å². The summed E-state index contributed by atoms with van der Waals surface area (Å²) in [7, 11) is 0. The maximum absolute atomic E-state index is 14.4. The number of hydrogen-bond donors (Lipinski definition) is 2. The largest absolute Gasteiger partial charge is 0.350 e. The van der Waals surface area contributed by atoms with Gasteiger partial charge in [-0.05, 0) is 59.5 Å². The van der Waals surface area contributed by atoms with Crippen molar-refractivity contribution in [3.8, 4) is 0 Å². The maximum atomic E-state index is 14.4. The Morgan fingerprint density at radius 1 is 1.18 bits per heavy atom. The summed E-state index contributed by atoms with van der Waals surface area (Å²) < 4.78 is 57.3. The van der Waals surface area contributed by atoms with Crippen LogP contribution in [-0.4, -0.2) is 42.7 Å². The Morgan fingerprint density at radius 3 is 2.54 bits per heavy atom. The van der Waals surface area contributed by atoms with E-state index in [0.717, 1.165) is 12.1 Å². The van der Waals surface area contributed by atoms with Crippen LogP contribution in [0.5, 0.6) is 0 Å². The molecule has 1 aliphatic rings. The Balaban J connectivity index is 1.86. The van der Waals surface area contributed by atoms with Crippen LogP contribution in [0.3, 0.4) is 0 Å². The summed E-state index contributed by atoms with van der Waals surface area (Å²) in [5, 5.41) is 5.35. The minimum absolute atomic E-state index is 0.101. The summed E-state index contributed by atoms with van der Waals surface area (Å²) >= 11 is 1.91. The summed E-state index contributed by atoms with van der Waals surface area (Å²) in [5.41, 5.74) is -2.33. The van der Waals surface area contributed by atoms with Gasteiger partial charge in [-0.2, -0.15) is 0 Å². The van der Waals surface area contributed by atoms with E-state index in [4.69, 9.17) is 0 Å². The number of hydrogen-bond acceptors (Lipinski definition) is 3. The quantitative estimate of drug-likeness (QED) is 0.455. The number of carbonyl (C=O) groups excluding carboxylic acids is 1. The molecule has 0 saturated carbocycles. The summed E-state index contributed by atoms with van der Waals surface area (Å²) in [5.74, 6) is -3.81. The molecule has 0 radical (unpaired) electrons. The molecule has 1 fully saturated rings. The zero-order valence-electron chi connectivity index (χ0n) is 15.0. The number of likely N-dealkylation sites (tertiary alicyclic amines) is 1. The highest BCUT2D eigenvalue weighted by Crippen LogP contribution is 2.32. The fourth-order valence-electron chi connectivity index (χ4n) is 2.99. The average Bonchev–Trinajstić information content (AvgIpc) is 2.63. The van der Waals surface area contributed by atoms with Crippen LogP contribution in [0.15, 0.2) is 30.3 Å². The van der Waals surface area contributed by atoms with E-state index < -0.39 is 34.7 Å². The second-order valence-corrected chi connectivity index (χ2v) is 7.87. The van der Waals surface area contributed by atoms with Gasteiger partial charge in [0.2, 0.25) is 0 Å². The van der Waals surface area contributed by atoms with Crippen molar-refractivity contribution in [2.24, 2.45) is 0 Å². The van der Waals surface area contributed by atoms with E-state index in [0.29, 0.717) is 10.1 Å². The van der Waals surface area contributed by atoms with Crippen LogP contribution in [0.4, 0.5) is 28.9 Å². The lowest BCUT2D eigenvalue weighted by molar-refractivity contribution is -0.0182. The molecule has 0 bridgehead atoms. The molecule has 0 unspecified atom stereocenters. The van der Waals surface area contributed by atoms with E-state index >= 15 is 0 Å². The van der Waals surface area contributed by atoms with Crippen LogP contribution in [0.2, 0.25) is 0 Å². The van der Waals surface area contributed by atoms with E-state index in [-0.39, 0.29) is 30.9 Å². The number of nitrogens with zero attached hydrogens (tertiary/aromatic N) is 1. The van der Waals surface area contributed by atoms with Gasteiger partial charge in [0.05, 0.1) is 30.0 Å². The van der Waals surface area contributed by atoms with Crippen LogP contribution in [0, 0.1) is 21.0 Å². The van der Waals surface area contributed by atoms with Gasteiger partial charge in [0.15, 0.2) is 17.3 Å². The number of anilines is 2. The molecule has 9 heteroatoms. The minimum atomic E-state index is -1.56. The molecule has 2 aromatic carbocycles. The highest BCUT2D eigenvalue weighted by atomic mass is 127. The lowest BCUT2D eigenvalue weighted by Gasteiger charge is -2.44. The minimum Gasteiger partial charge on any atom is -0.350 e. The summed E-state index contributed by atoms with van der Waals surface area (Å²) in [6, 6.07) is 6.09. The van der Waals surface area contributed by atoms with Gasteiger partial charge in [0.1, 0.15) is 5.82 Å². The average molecular weight is 507 g/mol. The molecule has 2 aromatic rings. The van der Waals surface area contributed by atoms with Crippen molar-refractivity contribution in [3.05, 3.63) is 56.9 Å². The second-order valence-electron chi connectivity index (χ2n) is 6.63. The number of benzene rings is 2. The van der Waals surface area contributed by atoms with Gasteiger partial charge in [0, 0.05) is 10.1 Å². The van der Waals surface area contributed by atoms with Crippen molar-refractivity contribution in [3.63, 3.8) is 0 Å². The van der Waals surface area contributed by atoms with Crippen LogP contribution in [-0.2, 0) is 0 Å². The summed E-state index contributed by atoms with van der Waals surface area (Å²) in [6.45, 7) is 2.22. The number of carbonyl (C=O) groups is 1. The summed E-state index contributed by atoms with van der Waals surface area (Å²) in [6.07, 6.45) is 0. The molecule has 0 aromatic heterocycles. The summed E-state index contributed by atoms with van der Waals surface area (Å²) in [4.78, 5) is 13.9. The molecule has 1 saturated heterocycles. The molecule has 1 heterocycles. The Bertz CT molecular complexity index is 903. The van der Waals surface area contributed by atoms with Crippen molar-refractivity contribution >= 4 is 39.9 Å². The van der Waals surface area contributed by atoms with Gasteiger partial charge < -0.3 is 15.5 Å². The molecule has 2 N–H and O–H groups in total. The fourth-order valence-corrected chi connectivity index (χ4v) is 3.44. The molecule has 28 heavy (non-hydrogen) atoms. The third-order valence-corrected chi connectivity index (χ3v) is 5.11. The van der Waals surface area contributed by atoms with E-state index in [9.17, 15) is 22.4 Å². The SMILES string of the molecule is CCNCC1(F)CN(C(=O)c2ccc(F)c(F)c2Nc2ccc(I)cc2F)C1. The number of amides is 1. The van der Waals surface area contributed by atoms with Crippen molar-refractivity contribution in [1.82, 2.24) is 10.2 Å². The van der Waals surface area contributed by atoms with Crippen molar-refractivity contribution in [2.45, 2.75) is 12.6 Å². The molecule has 0 atom stereocenters. The fraction of sp³-hybridized carbons (Fsp3) is 0.316. The Kier molecular flexibility index (Phi) is 6.13. The van der Waals surface area contributed by atoms with E-state index in [1.165, 1.54) is 17.0 Å². The van der Waals surface area contributed by atoms with Gasteiger partial charge in [-0.1, -0.05) is 6.92 Å². The number of alkyl halides is 1. The zero-order valence-corrected chi connectivity index (χ0v) is 17.1. The van der Waals surface area contributed by atoms with Crippen LogP contribution < -0.4 is 10.6 Å². The van der Waals surface area contributed by atoms with Crippen LogP contribution in [0.25, 0.3) is 0 Å². The Morgan fingerprint density at radius 2 is 1.89 bits per heavy atom. The zero-order chi connectivity index (χ0) is 20.5. The Hall–Kier alpha value is -1.88. The molecule has 0 aliphatic carbocycles. The molecule has 150 valence electrons. The van der Waals surface area contributed by atoms with Crippen molar-refractivity contribution < 1.29 is 22.4 Å². The standard InChI is InChI=1S/C19H18F4IN3O/c1-2-25-8-19(23)9-27(10-19)18(28)12-4-5-13(20)16(22)17(12)26-15-6-3-11(24)7-14(15)21/h3-7,25-26H,2,8-10H2,1H3. The molecule has 4 nitrogen and oxygen atoms in total. The lowest BCUT2D eigenvalue weighted by Crippen LogP contribution is -2.64.